The smallest absolute Gasteiger partial charge is 0.206 e. The van der Waals surface area contributed by atoms with Crippen molar-refractivity contribution in [3.8, 4) is 0 Å². The van der Waals surface area contributed by atoms with Crippen LogP contribution >= 0.6 is 23.1 Å². The minimum atomic E-state index is -2.24. The van der Waals surface area contributed by atoms with Crippen molar-refractivity contribution in [1.29, 1.82) is 0 Å². The summed E-state index contributed by atoms with van der Waals surface area (Å²) in [5, 5.41) is 8.31. The van der Waals surface area contributed by atoms with Gasteiger partial charge in [0.2, 0.25) is 0 Å². The summed E-state index contributed by atoms with van der Waals surface area (Å²) in [6, 6.07) is 0. The largest absolute Gasteiger partial charge is 0.301 e. The van der Waals surface area contributed by atoms with Crippen molar-refractivity contribution in [3.05, 3.63) is 16.9 Å². The standard InChI is InChI=1S/C7H7F3N2S2/c1-4-11-12-7(14-4)13-3-2-5(8)6(9)10/h2-3H2,1H3. The number of aryl methyl sites for hydroxylation is 1. The van der Waals surface area contributed by atoms with Gasteiger partial charge in [-0.1, -0.05) is 23.1 Å². The summed E-state index contributed by atoms with van der Waals surface area (Å²) >= 11 is 2.59. The molecule has 0 aromatic carbocycles. The molecule has 0 spiro atoms. The number of rotatable bonds is 4. The molecule has 0 saturated heterocycles. The maximum Gasteiger partial charge on any atom is 0.301 e. The Balaban J connectivity index is 2.32. The van der Waals surface area contributed by atoms with Gasteiger partial charge in [0, 0.05) is 12.2 Å². The van der Waals surface area contributed by atoms with Gasteiger partial charge >= 0.3 is 6.08 Å². The molecule has 0 saturated carbocycles. The highest BCUT2D eigenvalue weighted by Gasteiger charge is 2.06. The highest BCUT2D eigenvalue weighted by molar-refractivity contribution is 8.01. The van der Waals surface area contributed by atoms with Crippen molar-refractivity contribution in [2.45, 2.75) is 17.7 Å². The average molecular weight is 240 g/mol. The monoisotopic (exact) mass is 240 g/mol. The third-order valence-electron chi connectivity index (χ3n) is 1.26. The van der Waals surface area contributed by atoms with E-state index in [1.54, 1.807) is 6.92 Å². The molecule has 0 aliphatic rings. The van der Waals surface area contributed by atoms with Gasteiger partial charge in [-0.05, 0) is 6.92 Å². The zero-order valence-corrected chi connectivity index (χ0v) is 8.89. The average Bonchev–Trinajstić information content (AvgIpc) is 2.51. The second kappa shape index (κ2) is 5.35. The maximum absolute atomic E-state index is 12.3. The van der Waals surface area contributed by atoms with E-state index in [0.29, 0.717) is 4.34 Å². The SMILES string of the molecule is Cc1nnc(SCCC(F)=C(F)F)s1. The van der Waals surface area contributed by atoms with E-state index < -0.39 is 11.9 Å². The van der Waals surface area contributed by atoms with Crippen LogP contribution in [0.4, 0.5) is 13.2 Å². The Kier molecular flexibility index (Phi) is 4.40. The molecule has 0 radical (unpaired) electrons. The molecular weight excluding hydrogens is 233 g/mol. The van der Waals surface area contributed by atoms with Crippen LogP contribution in [0.2, 0.25) is 0 Å². The lowest BCUT2D eigenvalue weighted by molar-refractivity contribution is 0.373. The van der Waals surface area contributed by atoms with Gasteiger partial charge in [-0.3, -0.25) is 0 Å². The number of aromatic nitrogens is 2. The van der Waals surface area contributed by atoms with E-state index in [1.807, 2.05) is 0 Å². The number of allylic oxidation sites excluding steroid dienone is 1. The Labute approximate surface area is 87.2 Å². The van der Waals surface area contributed by atoms with Gasteiger partial charge in [-0.2, -0.15) is 8.78 Å². The Bertz CT molecular complexity index is 333. The lowest BCUT2D eigenvalue weighted by atomic mass is 10.4. The second-order valence-electron chi connectivity index (χ2n) is 2.35. The number of halogens is 3. The zero-order valence-electron chi connectivity index (χ0n) is 7.26. The summed E-state index contributed by atoms with van der Waals surface area (Å²) < 4.78 is 36.2. The van der Waals surface area contributed by atoms with Gasteiger partial charge in [0.25, 0.3) is 0 Å². The molecule has 1 heterocycles. The minimum absolute atomic E-state index is 0.248. The van der Waals surface area contributed by atoms with Crippen LogP contribution in [-0.4, -0.2) is 16.0 Å². The highest BCUT2D eigenvalue weighted by atomic mass is 32.2. The number of nitrogens with zero attached hydrogens (tertiary/aromatic N) is 2. The molecule has 0 unspecified atom stereocenters. The van der Waals surface area contributed by atoms with E-state index >= 15 is 0 Å². The zero-order chi connectivity index (χ0) is 10.6. The first-order valence-corrected chi connectivity index (χ1v) is 5.52. The molecule has 0 bridgehead atoms. The van der Waals surface area contributed by atoms with Crippen molar-refractivity contribution in [1.82, 2.24) is 10.2 Å². The van der Waals surface area contributed by atoms with E-state index in [0.717, 1.165) is 5.01 Å². The third kappa shape index (κ3) is 3.67. The summed E-state index contributed by atoms with van der Waals surface area (Å²) in [6.07, 6.45) is -2.51. The molecule has 1 aromatic heterocycles. The van der Waals surface area contributed by atoms with Crippen LogP contribution in [0.3, 0.4) is 0 Å². The van der Waals surface area contributed by atoms with E-state index in [4.69, 9.17) is 0 Å². The molecule has 2 nitrogen and oxygen atoms in total. The summed E-state index contributed by atoms with van der Waals surface area (Å²) in [5.41, 5.74) is 0. The molecule has 1 rings (SSSR count). The quantitative estimate of drug-likeness (QED) is 0.754. The van der Waals surface area contributed by atoms with Gasteiger partial charge < -0.3 is 0 Å². The lowest BCUT2D eigenvalue weighted by Gasteiger charge is -1.93. The molecule has 0 aliphatic carbocycles. The van der Waals surface area contributed by atoms with Gasteiger partial charge in [-0.15, -0.1) is 10.2 Å². The van der Waals surface area contributed by atoms with Crippen LogP contribution in [0.5, 0.6) is 0 Å². The van der Waals surface area contributed by atoms with Gasteiger partial charge in [0.1, 0.15) is 5.01 Å². The van der Waals surface area contributed by atoms with E-state index in [9.17, 15) is 13.2 Å². The van der Waals surface area contributed by atoms with Crippen molar-refractivity contribution >= 4 is 23.1 Å². The van der Waals surface area contributed by atoms with E-state index in [-0.39, 0.29) is 12.2 Å². The van der Waals surface area contributed by atoms with Crippen LogP contribution in [0.25, 0.3) is 0 Å². The summed E-state index contributed by atoms with van der Waals surface area (Å²) in [4.78, 5) is 0. The van der Waals surface area contributed by atoms with Crippen LogP contribution in [0, 0.1) is 6.92 Å². The van der Waals surface area contributed by atoms with Crippen molar-refractivity contribution in [2.24, 2.45) is 0 Å². The van der Waals surface area contributed by atoms with Gasteiger partial charge in [0.05, 0.1) is 0 Å². The van der Waals surface area contributed by atoms with Crippen LogP contribution in [-0.2, 0) is 0 Å². The van der Waals surface area contributed by atoms with Crippen molar-refractivity contribution in [2.75, 3.05) is 5.75 Å². The molecule has 0 atom stereocenters. The second-order valence-corrected chi connectivity index (χ2v) is 4.87. The minimum Gasteiger partial charge on any atom is -0.206 e. The Morgan fingerprint density at radius 3 is 2.57 bits per heavy atom. The molecule has 14 heavy (non-hydrogen) atoms. The Morgan fingerprint density at radius 2 is 2.07 bits per heavy atom. The number of hydrogen-bond acceptors (Lipinski definition) is 4. The molecule has 0 fully saturated rings. The van der Waals surface area contributed by atoms with Crippen LogP contribution < -0.4 is 0 Å². The summed E-state index contributed by atoms with van der Waals surface area (Å²) in [5.74, 6) is -1.10. The van der Waals surface area contributed by atoms with Crippen molar-refractivity contribution < 1.29 is 13.2 Å². The maximum atomic E-state index is 12.3. The lowest BCUT2D eigenvalue weighted by Crippen LogP contribution is -1.82. The van der Waals surface area contributed by atoms with Gasteiger partial charge in [0.15, 0.2) is 10.2 Å². The van der Waals surface area contributed by atoms with E-state index in [2.05, 4.69) is 10.2 Å². The predicted octanol–water partition coefficient (Wildman–Crippen LogP) is 3.41. The molecule has 0 aliphatic heterocycles. The van der Waals surface area contributed by atoms with Gasteiger partial charge in [-0.25, -0.2) is 4.39 Å². The van der Waals surface area contributed by atoms with E-state index in [1.165, 1.54) is 23.1 Å². The Hall–Kier alpha value is -0.560. The first-order valence-electron chi connectivity index (χ1n) is 3.72. The van der Waals surface area contributed by atoms with Crippen molar-refractivity contribution in [3.63, 3.8) is 0 Å². The van der Waals surface area contributed by atoms with Crippen LogP contribution in [0.15, 0.2) is 16.2 Å². The Morgan fingerprint density at radius 1 is 1.36 bits per heavy atom. The first-order chi connectivity index (χ1) is 6.59. The summed E-state index contributed by atoms with van der Waals surface area (Å²) in [6.45, 7) is 1.80. The normalized spacial score (nSPS) is 10.3. The third-order valence-corrected chi connectivity index (χ3v) is 3.23. The fraction of sp³-hybridized carbons (Fsp3) is 0.429. The highest BCUT2D eigenvalue weighted by Crippen LogP contribution is 2.24. The molecular formula is C7H7F3N2S2. The predicted molar refractivity (Wildman–Crippen MR) is 50.3 cm³/mol. The topological polar surface area (TPSA) is 25.8 Å². The molecule has 1 aromatic rings. The molecule has 78 valence electrons. The number of hydrogen-bond donors (Lipinski definition) is 0. The van der Waals surface area contributed by atoms with Crippen LogP contribution in [0.1, 0.15) is 11.4 Å². The number of thioether (sulfide) groups is 1. The first kappa shape index (κ1) is 11.5. The molecule has 0 amide bonds. The fourth-order valence-corrected chi connectivity index (χ4v) is 2.48. The summed E-state index contributed by atoms with van der Waals surface area (Å²) in [7, 11) is 0. The molecule has 7 heteroatoms. The molecule has 0 N–H and O–H groups in total. The fourth-order valence-electron chi connectivity index (χ4n) is 0.659.